The highest BCUT2D eigenvalue weighted by Gasteiger charge is 2.30. The van der Waals surface area contributed by atoms with E-state index in [0.29, 0.717) is 12.1 Å². The maximum Gasteiger partial charge on any atom is 0.0824 e. The highest BCUT2D eigenvalue weighted by atomic mass is 16.5. The normalized spacial score (nSPS) is 35.6. The van der Waals surface area contributed by atoms with E-state index >= 15 is 0 Å². The van der Waals surface area contributed by atoms with E-state index in [1.807, 2.05) is 7.11 Å². The first kappa shape index (κ1) is 10.4. The molecular weight excluding hydrogens is 176 g/mol. The molecule has 2 rings (SSSR count). The van der Waals surface area contributed by atoms with Gasteiger partial charge >= 0.3 is 0 Å². The van der Waals surface area contributed by atoms with Gasteiger partial charge < -0.3 is 10.1 Å². The van der Waals surface area contributed by atoms with Gasteiger partial charge in [0.2, 0.25) is 0 Å². The van der Waals surface area contributed by atoms with Crippen molar-refractivity contribution >= 4 is 0 Å². The maximum atomic E-state index is 5.28. The average molecular weight is 198 g/mol. The van der Waals surface area contributed by atoms with E-state index in [4.69, 9.17) is 4.74 Å². The van der Waals surface area contributed by atoms with Crippen LogP contribution in [0.15, 0.2) is 0 Å². The third-order valence-electron chi connectivity index (χ3n) is 3.67. The Morgan fingerprint density at radius 2 is 2.21 bits per heavy atom. The molecule has 2 unspecified atom stereocenters. The summed E-state index contributed by atoms with van der Waals surface area (Å²) in [5.41, 5.74) is 0. The Labute approximate surface area is 86.8 Å². The summed E-state index contributed by atoms with van der Waals surface area (Å²) in [4.78, 5) is 2.52. The molecule has 0 bridgehead atoms. The predicted molar refractivity (Wildman–Crippen MR) is 57.4 cm³/mol. The van der Waals surface area contributed by atoms with E-state index in [0.717, 1.165) is 19.0 Å². The molecule has 0 aromatic heterocycles. The maximum absolute atomic E-state index is 5.28. The van der Waals surface area contributed by atoms with Crippen LogP contribution in [0.2, 0.25) is 0 Å². The van der Waals surface area contributed by atoms with E-state index in [-0.39, 0.29) is 0 Å². The van der Waals surface area contributed by atoms with Gasteiger partial charge in [0, 0.05) is 32.8 Å². The van der Waals surface area contributed by atoms with Crippen molar-refractivity contribution in [1.29, 1.82) is 0 Å². The fraction of sp³-hybridized carbons (Fsp3) is 1.00. The molecule has 0 aromatic rings. The fourth-order valence-corrected chi connectivity index (χ4v) is 2.51. The number of piperidine rings is 1. The quantitative estimate of drug-likeness (QED) is 0.722. The SMILES string of the molecule is COC1CN(CC2CCCNC2C)C1. The molecular formula is C11H22N2O. The number of ether oxygens (including phenoxy) is 1. The van der Waals surface area contributed by atoms with Crippen molar-refractivity contribution in [3.05, 3.63) is 0 Å². The monoisotopic (exact) mass is 198 g/mol. The second kappa shape index (κ2) is 4.60. The Bertz CT molecular complexity index is 180. The first-order valence-electron chi connectivity index (χ1n) is 5.78. The van der Waals surface area contributed by atoms with Gasteiger partial charge in [0.25, 0.3) is 0 Å². The average Bonchev–Trinajstić information content (AvgIpc) is 2.13. The van der Waals surface area contributed by atoms with Crippen LogP contribution in [0.5, 0.6) is 0 Å². The van der Waals surface area contributed by atoms with Crippen LogP contribution in [0.1, 0.15) is 19.8 Å². The molecule has 82 valence electrons. The molecule has 3 heteroatoms. The minimum Gasteiger partial charge on any atom is -0.379 e. The summed E-state index contributed by atoms with van der Waals surface area (Å²) < 4.78 is 5.28. The molecule has 0 spiro atoms. The highest BCUT2D eigenvalue weighted by molar-refractivity contribution is 4.86. The molecule has 14 heavy (non-hydrogen) atoms. The summed E-state index contributed by atoms with van der Waals surface area (Å²) in [5.74, 6) is 0.849. The van der Waals surface area contributed by atoms with Gasteiger partial charge in [-0.15, -0.1) is 0 Å². The smallest absolute Gasteiger partial charge is 0.0824 e. The van der Waals surface area contributed by atoms with Crippen molar-refractivity contribution in [3.8, 4) is 0 Å². The number of likely N-dealkylation sites (tertiary alicyclic amines) is 1. The molecule has 2 heterocycles. The number of nitrogens with zero attached hydrogens (tertiary/aromatic N) is 1. The minimum absolute atomic E-state index is 0.502. The van der Waals surface area contributed by atoms with Crippen LogP contribution in [0.3, 0.4) is 0 Å². The molecule has 2 saturated heterocycles. The lowest BCUT2D eigenvalue weighted by Gasteiger charge is -2.42. The Balaban J connectivity index is 1.69. The van der Waals surface area contributed by atoms with Crippen LogP contribution >= 0.6 is 0 Å². The number of rotatable bonds is 3. The molecule has 2 fully saturated rings. The lowest BCUT2D eigenvalue weighted by atomic mass is 9.90. The first-order valence-corrected chi connectivity index (χ1v) is 5.78. The molecule has 0 amide bonds. The van der Waals surface area contributed by atoms with Gasteiger partial charge in [-0.05, 0) is 32.2 Å². The first-order chi connectivity index (χ1) is 6.79. The third-order valence-corrected chi connectivity index (χ3v) is 3.67. The van der Waals surface area contributed by atoms with Gasteiger partial charge in [-0.3, -0.25) is 4.90 Å². The van der Waals surface area contributed by atoms with E-state index < -0.39 is 0 Å². The van der Waals surface area contributed by atoms with Crippen molar-refractivity contribution in [1.82, 2.24) is 10.2 Å². The van der Waals surface area contributed by atoms with E-state index in [1.165, 1.54) is 25.9 Å². The molecule has 0 aromatic carbocycles. The van der Waals surface area contributed by atoms with Crippen molar-refractivity contribution in [2.24, 2.45) is 5.92 Å². The minimum atomic E-state index is 0.502. The van der Waals surface area contributed by atoms with Crippen molar-refractivity contribution in [2.75, 3.05) is 33.3 Å². The summed E-state index contributed by atoms with van der Waals surface area (Å²) >= 11 is 0. The van der Waals surface area contributed by atoms with Crippen LogP contribution < -0.4 is 5.32 Å². The number of hydrogen-bond acceptors (Lipinski definition) is 3. The Hall–Kier alpha value is -0.120. The molecule has 0 aliphatic carbocycles. The standard InChI is InChI=1S/C11H22N2O/c1-9-10(4-3-5-12-9)6-13-7-11(8-13)14-2/h9-12H,3-8H2,1-2H3. The van der Waals surface area contributed by atoms with Crippen LogP contribution in [0, 0.1) is 5.92 Å². The topological polar surface area (TPSA) is 24.5 Å². The van der Waals surface area contributed by atoms with Gasteiger partial charge in [-0.2, -0.15) is 0 Å². The molecule has 2 atom stereocenters. The predicted octanol–water partition coefficient (Wildman–Crippen LogP) is 0.705. The zero-order valence-corrected chi connectivity index (χ0v) is 9.33. The second-order valence-electron chi connectivity index (χ2n) is 4.72. The third kappa shape index (κ3) is 2.27. The van der Waals surface area contributed by atoms with Gasteiger partial charge in [0.1, 0.15) is 0 Å². The second-order valence-corrected chi connectivity index (χ2v) is 4.72. The van der Waals surface area contributed by atoms with E-state index in [1.54, 1.807) is 0 Å². The van der Waals surface area contributed by atoms with Crippen LogP contribution in [0.25, 0.3) is 0 Å². The summed E-state index contributed by atoms with van der Waals surface area (Å²) in [7, 11) is 1.81. The Morgan fingerprint density at radius 1 is 1.43 bits per heavy atom. The molecule has 2 aliphatic rings. The van der Waals surface area contributed by atoms with Crippen molar-refractivity contribution in [2.45, 2.75) is 31.9 Å². The molecule has 0 saturated carbocycles. The number of methoxy groups -OCH3 is 1. The van der Waals surface area contributed by atoms with Crippen LogP contribution in [-0.4, -0.2) is 50.3 Å². The van der Waals surface area contributed by atoms with Gasteiger partial charge in [0.15, 0.2) is 0 Å². The Kier molecular flexibility index (Phi) is 3.42. The van der Waals surface area contributed by atoms with Crippen LogP contribution in [0.4, 0.5) is 0 Å². The molecule has 2 aliphatic heterocycles. The van der Waals surface area contributed by atoms with Crippen molar-refractivity contribution in [3.63, 3.8) is 0 Å². The largest absolute Gasteiger partial charge is 0.379 e. The fourth-order valence-electron chi connectivity index (χ4n) is 2.51. The van der Waals surface area contributed by atoms with Crippen LogP contribution in [-0.2, 0) is 4.74 Å². The summed E-state index contributed by atoms with van der Waals surface area (Å²) in [6.07, 6.45) is 3.24. The van der Waals surface area contributed by atoms with Gasteiger partial charge in [0.05, 0.1) is 6.10 Å². The zero-order chi connectivity index (χ0) is 9.97. The summed E-state index contributed by atoms with van der Waals surface area (Å²) in [6, 6.07) is 0.699. The van der Waals surface area contributed by atoms with Crippen molar-refractivity contribution < 1.29 is 4.74 Å². The molecule has 0 radical (unpaired) electrons. The number of nitrogens with one attached hydrogen (secondary N) is 1. The summed E-state index contributed by atoms with van der Waals surface area (Å²) in [6.45, 7) is 7.06. The lowest BCUT2D eigenvalue weighted by Crippen LogP contribution is -2.55. The summed E-state index contributed by atoms with van der Waals surface area (Å²) in [5, 5.41) is 3.55. The number of hydrogen-bond donors (Lipinski definition) is 1. The molecule has 1 N–H and O–H groups in total. The lowest BCUT2D eigenvalue weighted by molar-refractivity contribution is -0.0393. The molecule has 3 nitrogen and oxygen atoms in total. The van der Waals surface area contributed by atoms with Gasteiger partial charge in [-0.25, -0.2) is 0 Å². The van der Waals surface area contributed by atoms with Gasteiger partial charge in [-0.1, -0.05) is 0 Å². The highest BCUT2D eigenvalue weighted by Crippen LogP contribution is 2.21. The Morgan fingerprint density at radius 3 is 2.86 bits per heavy atom. The van der Waals surface area contributed by atoms with E-state index in [2.05, 4.69) is 17.1 Å². The zero-order valence-electron chi connectivity index (χ0n) is 9.33. The van der Waals surface area contributed by atoms with E-state index in [9.17, 15) is 0 Å².